The molecular formula is HClK2NaO+. The van der Waals surface area contributed by atoms with Crippen LogP contribution in [0.2, 0.25) is 0 Å². The maximum atomic E-state index is 0. The van der Waals surface area contributed by atoms with E-state index in [0.717, 1.165) is 0 Å². The number of rotatable bonds is 0. The van der Waals surface area contributed by atoms with Crippen LogP contribution in [0.5, 0.6) is 0 Å². The van der Waals surface area contributed by atoms with Crippen LogP contribution in [0.3, 0.4) is 0 Å². The van der Waals surface area contributed by atoms with Gasteiger partial charge in [-0.05, 0) is 0 Å². The summed E-state index contributed by atoms with van der Waals surface area (Å²) >= 11 is 0. The van der Waals surface area contributed by atoms with Gasteiger partial charge in [-0.3, -0.25) is 0 Å². The average molecular weight is 154 g/mol. The van der Waals surface area contributed by atoms with Crippen molar-refractivity contribution >= 4 is 0 Å². The summed E-state index contributed by atoms with van der Waals surface area (Å²) < 4.78 is 0. The molecule has 0 aliphatic rings. The first kappa shape index (κ1) is 33.8. The molecule has 0 rings (SSSR count). The van der Waals surface area contributed by atoms with Crippen molar-refractivity contribution in [2.24, 2.45) is 0 Å². The Morgan fingerprint density at radius 1 is 0.800 bits per heavy atom. The van der Waals surface area contributed by atoms with Gasteiger partial charge in [0.2, 0.25) is 0 Å². The minimum absolute atomic E-state index is 0. The molecule has 0 aliphatic carbocycles. The zero-order chi connectivity index (χ0) is 0. The first-order valence-corrected chi connectivity index (χ1v) is 0. The van der Waals surface area contributed by atoms with Crippen molar-refractivity contribution in [3.8, 4) is 0 Å². The first-order chi connectivity index (χ1) is 0. The van der Waals surface area contributed by atoms with Crippen LogP contribution < -0.4 is 145 Å². The van der Waals surface area contributed by atoms with E-state index in [1.54, 1.807) is 0 Å². The van der Waals surface area contributed by atoms with Crippen LogP contribution in [0, 0.1) is 0 Å². The summed E-state index contributed by atoms with van der Waals surface area (Å²) in [6.45, 7) is 0. The van der Waals surface area contributed by atoms with Crippen molar-refractivity contribution in [3.63, 3.8) is 0 Å². The van der Waals surface area contributed by atoms with Gasteiger partial charge in [-0.1, -0.05) is 0 Å². The Labute approximate surface area is 145 Å². The molecule has 0 spiro atoms. The Morgan fingerprint density at radius 2 is 0.800 bits per heavy atom. The molecule has 0 saturated heterocycles. The van der Waals surface area contributed by atoms with Gasteiger partial charge in [0.25, 0.3) is 0 Å². The summed E-state index contributed by atoms with van der Waals surface area (Å²) in [5.74, 6) is 0. The number of hydrogen-bond donors (Lipinski definition) is 0. The smallest absolute Gasteiger partial charge is 1.00 e. The van der Waals surface area contributed by atoms with Crippen LogP contribution in [0.15, 0.2) is 0 Å². The van der Waals surface area contributed by atoms with Gasteiger partial charge in [-0.2, -0.15) is 0 Å². The molecule has 0 aromatic heterocycles. The molecule has 0 aliphatic heterocycles. The van der Waals surface area contributed by atoms with E-state index >= 15 is 0 Å². The van der Waals surface area contributed by atoms with Gasteiger partial charge in [0, 0.05) is 0 Å². The minimum atomic E-state index is 0. The van der Waals surface area contributed by atoms with E-state index in [-0.39, 0.29) is 150 Å². The normalized spacial score (nSPS) is 0. The van der Waals surface area contributed by atoms with Gasteiger partial charge in [-0.25, -0.2) is 0 Å². The Kier molecular flexibility index (Phi) is 159. The molecule has 0 unspecified atom stereocenters. The third-order valence-corrected chi connectivity index (χ3v) is 0. The molecule has 5 heteroatoms. The summed E-state index contributed by atoms with van der Waals surface area (Å²) in [5, 5.41) is 0. The van der Waals surface area contributed by atoms with Crippen molar-refractivity contribution in [3.05, 3.63) is 0 Å². The summed E-state index contributed by atoms with van der Waals surface area (Å²) in [7, 11) is 0. The third-order valence-electron chi connectivity index (χ3n) is 0. The van der Waals surface area contributed by atoms with Crippen molar-refractivity contribution < 1.29 is 150 Å². The fourth-order valence-electron chi connectivity index (χ4n) is 0. The Hall–Kier alpha value is 4.52. The molecule has 0 saturated carbocycles. The first-order valence-electron chi connectivity index (χ1n) is 0. The van der Waals surface area contributed by atoms with Gasteiger partial charge < -0.3 is 17.9 Å². The van der Waals surface area contributed by atoms with Gasteiger partial charge in [0.1, 0.15) is 0 Å². The van der Waals surface area contributed by atoms with E-state index in [9.17, 15) is 0 Å². The monoisotopic (exact) mass is 153 g/mol. The van der Waals surface area contributed by atoms with E-state index in [4.69, 9.17) is 0 Å². The fraction of sp³-hybridized carbons (Fsp3) is 0. The standard InChI is InChI=1S/ClH.2K.Na.H2O/h1H;;;;1H2/q;3*+1;/p-2. The van der Waals surface area contributed by atoms with Gasteiger partial charge in [0.15, 0.2) is 0 Å². The fourth-order valence-corrected chi connectivity index (χ4v) is 0. The second-order valence-electron chi connectivity index (χ2n) is 0. The maximum absolute atomic E-state index is 0. The SMILES string of the molecule is [Cl-].[K+].[K+].[Na+].[OH-]. The molecule has 0 radical (unpaired) electrons. The van der Waals surface area contributed by atoms with Crippen LogP contribution in [-0.4, -0.2) is 5.48 Å². The van der Waals surface area contributed by atoms with Gasteiger partial charge >= 0.3 is 132 Å². The van der Waals surface area contributed by atoms with Crippen molar-refractivity contribution in [2.75, 3.05) is 0 Å². The van der Waals surface area contributed by atoms with E-state index < -0.39 is 0 Å². The van der Waals surface area contributed by atoms with Crippen LogP contribution in [0.4, 0.5) is 0 Å². The topological polar surface area (TPSA) is 30.0 Å². The van der Waals surface area contributed by atoms with Crippen molar-refractivity contribution in [1.82, 2.24) is 0 Å². The molecule has 16 valence electrons. The third kappa shape index (κ3) is 17.7. The molecule has 0 atom stereocenters. The quantitative estimate of drug-likeness (QED) is 0.318. The molecule has 0 aromatic rings. The second-order valence-corrected chi connectivity index (χ2v) is 0. The Morgan fingerprint density at radius 3 is 0.800 bits per heavy atom. The summed E-state index contributed by atoms with van der Waals surface area (Å²) in [4.78, 5) is 0. The molecule has 5 heavy (non-hydrogen) atoms. The number of halogens is 1. The molecule has 0 amide bonds. The molecule has 0 fully saturated rings. The minimum Gasteiger partial charge on any atom is -1.00 e. The van der Waals surface area contributed by atoms with Gasteiger partial charge in [0.05, 0.1) is 0 Å². The molecular weight excluding hydrogens is 153 g/mol. The Balaban J connectivity index is 0. The van der Waals surface area contributed by atoms with E-state index in [0.29, 0.717) is 0 Å². The van der Waals surface area contributed by atoms with Crippen LogP contribution in [0.25, 0.3) is 0 Å². The largest absolute Gasteiger partial charge is 1.00 e. The Bertz CT molecular complexity index is 9.61. The van der Waals surface area contributed by atoms with Crippen LogP contribution >= 0.6 is 0 Å². The van der Waals surface area contributed by atoms with E-state index in [1.165, 1.54) is 0 Å². The average Bonchev–Trinajstić information content (AvgIpc) is 0. The molecule has 0 heterocycles. The molecule has 0 aromatic carbocycles. The number of hydrogen-bond acceptors (Lipinski definition) is 1. The summed E-state index contributed by atoms with van der Waals surface area (Å²) in [6, 6.07) is 0. The van der Waals surface area contributed by atoms with Gasteiger partial charge in [-0.15, -0.1) is 0 Å². The molecule has 0 bridgehead atoms. The summed E-state index contributed by atoms with van der Waals surface area (Å²) in [5.41, 5.74) is 0. The maximum Gasteiger partial charge on any atom is 1.00 e. The predicted octanol–water partition coefficient (Wildman–Crippen LogP) is -12.2. The van der Waals surface area contributed by atoms with E-state index in [2.05, 4.69) is 0 Å². The molecule has 1 N–H and O–H groups in total. The molecule has 1 nitrogen and oxygen atoms in total. The summed E-state index contributed by atoms with van der Waals surface area (Å²) in [6.07, 6.45) is 0. The van der Waals surface area contributed by atoms with Crippen molar-refractivity contribution in [1.29, 1.82) is 0 Å². The van der Waals surface area contributed by atoms with Crippen molar-refractivity contribution in [2.45, 2.75) is 0 Å². The zero-order valence-corrected chi connectivity index (χ0v) is 12.8. The van der Waals surface area contributed by atoms with Crippen LogP contribution in [0.1, 0.15) is 0 Å². The van der Waals surface area contributed by atoms with E-state index in [1.807, 2.05) is 0 Å². The predicted molar refractivity (Wildman–Crippen MR) is 1.94 cm³/mol. The zero-order valence-electron chi connectivity index (χ0n) is 3.83. The van der Waals surface area contributed by atoms with Crippen LogP contribution in [-0.2, 0) is 0 Å². The second kappa shape index (κ2) is 23.6.